The molecule has 2 rings (SSSR count). The van der Waals surface area contributed by atoms with Crippen LogP contribution < -0.4 is 4.74 Å². The maximum Gasteiger partial charge on any atom is 0.122 e. The number of ether oxygens (including phenoxy) is 2. The molecular weight excluding hydrogens is 188 g/mol. The molecule has 1 saturated heterocycles. The maximum atomic E-state index is 5.64. The molecule has 2 heteroatoms. The Morgan fingerprint density at radius 1 is 1.60 bits per heavy atom. The lowest BCUT2D eigenvalue weighted by atomic mass is 10.1. The monoisotopic (exact) mass is 204 g/mol. The molecule has 1 aliphatic heterocycles. The summed E-state index contributed by atoms with van der Waals surface area (Å²) in [5.74, 6) is 0.940. The molecule has 80 valence electrons. The van der Waals surface area contributed by atoms with Crippen molar-refractivity contribution in [2.75, 3.05) is 13.2 Å². The Hall–Kier alpha value is -1.28. The van der Waals surface area contributed by atoms with Gasteiger partial charge in [0.1, 0.15) is 18.5 Å². The summed E-state index contributed by atoms with van der Waals surface area (Å²) in [6, 6.07) is 6.14. The molecule has 1 aromatic carbocycles. The van der Waals surface area contributed by atoms with Crippen LogP contribution in [-0.2, 0) is 4.74 Å². The molecule has 1 aromatic rings. The SMILES string of the molecule is C=C(C)c1ccc(OCC2CO2)c(C)c1. The van der Waals surface area contributed by atoms with E-state index in [-0.39, 0.29) is 0 Å². The van der Waals surface area contributed by atoms with Gasteiger partial charge in [-0.1, -0.05) is 18.2 Å². The molecule has 0 N–H and O–H groups in total. The summed E-state index contributed by atoms with van der Waals surface area (Å²) in [6.45, 7) is 9.47. The Kier molecular flexibility index (Phi) is 2.78. The predicted molar refractivity (Wildman–Crippen MR) is 61.1 cm³/mol. The summed E-state index contributed by atoms with van der Waals surface area (Å²) in [6.07, 6.45) is 0.310. The molecule has 1 aliphatic rings. The molecular formula is C13H16O2. The summed E-state index contributed by atoms with van der Waals surface area (Å²) >= 11 is 0. The zero-order valence-corrected chi connectivity index (χ0v) is 9.25. The van der Waals surface area contributed by atoms with Gasteiger partial charge in [-0.15, -0.1) is 0 Å². The van der Waals surface area contributed by atoms with Crippen LogP contribution in [0.2, 0.25) is 0 Å². The lowest BCUT2D eigenvalue weighted by molar-refractivity contribution is 0.262. The molecule has 1 unspecified atom stereocenters. The highest BCUT2D eigenvalue weighted by Gasteiger charge is 2.23. The van der Waals surface area contributed by atoms with Crippen molar-refractivity contribution in [3.05, 3.63) is 35.9 Å². The molecule has 0 spiro atoms. The zero-order chi connectivity index (χ0) is 10.8. The van der Waals surface area contributed by atoms with Crippen molar-refractivity contribution >= 4 is 5.57 Å². The van der Waals surface area contributed by atoms with Crippen LogP contribution in [0.4, 0.5) is 0 Å². The van der Waals surface area contributed by atoms with Crippen molar-refractivity contribution < 1.29 is 9.47 Å². The highest BCUT2D eigenvalue weighted by Crippen LogP contribution is 2.23. The minimum atomic E-state index is 0.310. The first-order valence-corrected chi connectivity index (χ1v) is 5.18. The van der Waals surface area contributed by atoms with Crippen molar-refractivity contribution in [2.24, 2.45) is 0 Å². The van der Waals surface area contributed by atoms with Crippen LogP contribution in [0.1, 0.15) is 18.1 Å². The van der Waals surface area contributed by atoms with Gasteiger partial charge in [-0.3, -0.25) is 0 Å². The molecule has 0 aliphatic carbocycles. The zero-order valence-electron chi connectivity index (χ0n) is 9.25. The van der Waals surface area contributed by atoms with Gasteiger partial charge in [0, 0.05) is 0 Å². The van der Waals surface area contributed by atoms with Crippen molar-refractivity contribution in [3.63, 3.8) is 0 Å². The van der Waals surface area contributed by atoms with Gasteiger partial charge in [0.05, 0.1) is 6.61 Å². The summed E-state index contributed by atoms with van der Waals surface area (Å²) in [4.78, 5) is 0. The second-order valence-electron chi connectivity index (χ2n) is 4.03. The number of benzene rings is 1. The van der Waals surface area contributed by atoms with Crippen LogP contribution in [0.5, 0.6) is 5.75 Å². The minimum absolute atomic E-state index is 0.310. The van der Waals surface area contributed by atoms with Crippen LogP contribution in [0.25, 0.3) is 5.57 Å². The Labute approximate surface area is 90.5 Å². The standard InChI is InChI=1S/C13H16O2/c1-9(2)11-4-5-13(10(3)6-11)15-8-12-7-14-12/h4-6,12H,1,7-8H2,2-3H3. The number of aryl methyl sites for hydroxylation is 1. The van der Waals surface area contributed by atoms with Crippen molar-refractivity contribution in [1.82, 2.24) is 0 Å². The second-order valence-corrected chi connectivity index (χ2v) is 4.03. The fourth-order valence-electron chi connectivity index (χ4n) is 1.42. The van der Waals surface area contributed by atoms with Crippen molar-refractivity contribution in [2.45, 2.75) is 20.0 Å². The first-order chi connectivity index (χ1) is 7.16. The Balaban J connectivity index is 2.07. The van der Waals surface area contributed by atoms with Gasteiger partial charge in [-0.25, -0.2) is 0 Å². The third-order valence-electron chi connectivity index (χ3n) is 2.49. The normalized spacial score (nSPS) is 18.7. The van der Waals surface area contributed by atoms with Gasteiger partial charge >= 0.3 is 0 Å². The average molecular weight is 204 g/mol. The fraction of sp³-hybridized carbons (Fsp3) is 0.385. The number of hydrogen-bond donors (Lipinski definition) is 0. The van der Waals surface area contributed by atoms with Crippen LogP contribution in [-0.4, -0.2) is 19.3 Å². The minimum Gasteiger partial charge on any atom is -0.491 e. The Bertz CT molecular complexity index is 378. The Morgan fingerprint density at radius 3 is 2.87 bits per heavy atom. The van der Waals surface area contributed by atoms with E-state index in [1.165, 1.54) is 5.56 Å². The molecule has 1 atom stereocenters. The van der Waals surface area contributed by atoms with Gasteiger partial charge in [0.2, 0.25) is 0 Å². The lowest BCUT2D eigenvalue weighted by Crippen LogP contribution is -2.05. The van der Waals surface area contributed by atoms with E-state index in [1.807, 2.05) is 19.1 Å². The van der Waals surface area contributed by atoms with E-state index in [9.17, 15) is 0 Å². The quantitative estimate of drug-likeness (QED) is 0.703. The maximum absolute atomic E-state index is 5.64. The van der Waals surface area contributed by atoms with Crippen LogP contribution >= 0.6 is 0 Å². The van der Waals surface area contributed by atoms with E-state index in [0.29, 0.717) is 12.7 Å². The summed E-state index contributed by atoms with van der Waals surface area (Å²) in [7, 11) is 0. The van der Waals surface area contributed by atoms with Crippen LogP contribution in [0.15, 0.2) is 24.8 Å². The summed E-state index contributed by atoms with van der Waals surface area (Å²) < 4.78 is 10.7. The predicted octanol–water partition coefficient (Wildman–Crippen LogP) is 2.81. The summed E-state index contributed by atoms with van der Waals surface area (Å²) in [5.41, 5.74) is 3.40. The van der Waals surface area contributed by atoms with Crippen LogP contribution in [0.3, 0.4) is 0 Å². The molecule has 0 bridgehead atoms. The molecule has 2 nitrogen and oxygen atoms in total. The Morgan fingerprint density at radius 2 is 2.33 bits per heavy atom. The number of hydrogen-bond acceptors (Lipinski definition) is 2. The average Bonchev–Trinajstić information content (AvgIpc) is 2.99. The molecule has 0 radical (unpaired) electrons. The smallest absolute Gasteiger partial charge is 0.122 e. The topological polar surface area (TPSA) is 21.8 Å². The highest BCUT2D eigenvalue weighted by atomic mass is 16.6. The fourth-order valence-corrected chi connectivity index (χ4v) is 1.42. The first kappa shape index (κ1) is 10.2. The van der Waals surface area contributed by atoms with Crippen molar-refractivity contribution in [1.29, 1.82) is 0 Å². The molecule has 0 aromatic heterocycles. The van der Waals surface area contributed by atoms with E-state index in [0.717, 1.165) is 23.5 Å². The summed E-state index contributed by atoms with van der Waals surface area (Å²) in [5, 5.41) is 0. The first-order valence-electron chi connectivity index (χ1n) is 5.18. The largest absolute Gasteiger partial charge is 0.491 e. The molecule has 15 heavy (non-hydrogen) atoms. The molecule has 1 fully saturated rings. The number of epoxide rings is 1. The second kappa shape index (κ2) is 4.07. The third-order valence-corrected chi connectivity index (χ3v) is 2.49. The van der Waals surface area contributed by atoms with Gasteiger partial charge in [-0.05, 0) is 37.1 Å². The molecule has 0 saturated carbocycles. The van der Waals surface area contributed by atoms with E-state index >= 15 is 0 Å². The number of allylic oxidation sites excluding steroid dienone is 1. The van der Waals surface area contributed by atoms with E-state index < -0.39 is 0 Å². The van der Waals surface area contributed by atoms with Gasteiger partial charge in [0.15, 0.2) is 0 Å². The lowest BCUT2D eigenvalue weighted by Gasteiger charge is -2.09. The van der Waals surface area contributed by atoms with E-state index in [1.54, 1.807) is 0 Å². The molecule has 1 heterocycles. The third kappa shape index (κ3) is 2.60. The van der Waals surface area contributed by atoms with Gasteiger partial charge in [-0.2, -0.15) is 0 Å². The van der Waals surface area contributed by atoms with Crippen molar-refractivity contribution in [3.8, 4) is 5.75 Å². The molecule has 0 amide bonds. The van der Waals surface area contributed by atoms with Gasteiger partial charge < -0.3 is 9.47 Å². The van der Waals surface area contributed by atoms with Crippen LogP contribution in [0, 0.1) is 6.92 Å². The highest BCUT2D eigenvalue weighted by molar-refractivity contribution is 5.63. The van der Waals surface area contributed by atoms with E-state index in [4.69, 9.17) is 9.47 Å². The van der Waals surface area contributed by atoms with Gasteiger partial charge in [0.25, 0.3) is 0 Å². The van der Waals surface area contributed by atoms with E-state index in [2.05, 4.69) is 19.6 Å². The number of rotatable bonds is 4.